The summed E-state index contributed by atoms with van der Waals surface area (Å²) in [5.74, 6) is 0.971. The third kappa shape index (κ3) is 6.56. The van der Waals surface area contributed by atoms with Crippen molar-refractivity contribution in [3.8, 4) is 11.5 Å². The molecule has 0 saturated heterocycles. The average Bonchev–Trinajstić information content (AvgIpc) is 3.33. The number of hydrogen-bond donors (Lipinski definition) is 2. The van der Waals surface area contributed by atoms with E-state index < -0.39 is 0 Å². The van der Waals surface area contributed by atoms with Crippen LogP contribution in [0.1, 0.15) is 35.5 Å². The molecule has 154 valence electrons. The van der Waals surface area contributed by atoms with Crippen molar-refractivity contribution in [3.05, 3.63) is 57.2 Å². The second kappa shape index (κ2) is 10.4. The molecule has 0 bridgehead atoms. The average molecular weight is 432 g/mol. The molecule has 0 aliphatic carbocycles. The first kappa shape index (κ1) is 21.3. The van der Waals surface area contributed by atoms with E-state index in [1.165, 1.54) is 16.9 Å². The molecule has 29 heavy (non-hydrogen) atoms. The van der Waals surface area contributed by atoms with Gasteiger partial charge >= 0.3 is 0 Å². The van der Waals surface area contributed by atoms with Gasteiger partial charge in [-0.05, 0) is 55.4 Å². The molecule has 6 nitrogen and oxygen atoms in total. The van der Waals surface area contributed by atoms with Crippen molar-refractivity contribution in [1.29, 1.82) is 0 Å². The molecular weight excluding hydrogens is 406 g/mol. The Labute approximate surface area is 178 Å². The molecule has 1 amide bonds. The maximum Gasteiger partial charge on any atom is 0.257 e. The van der Waals surface area contributed by atoms with E-state index in [4.69, 9.17) is 9.47 Å². The molecule has 8 heteroatoms. The van der Waals surface area contributed by atoms with E-state index >= 15 is 0 Å². The largest absolute Gasteiger partial charge is 0.493 e. The van der Waals surface area contributed by atoms with Gasteiger partial charge in [0, 0.05) is 30.0 Å². The predicted molar refractivity (Wildman–Crippen MR) is 119 cm³/mol. The highest BCUT2D eigenvalue weighted by atomic mass is 32.1. The highest BCUT2D eigenvalue weighted by molar-refractivity contribution is 7.14. The fourth-order valence-electron chi connectivity index (χ4n) is 2.64. The van der Waals surface area contributed by atoms with Crippen LogP contribution in [0.3, 0.4) is 0 Å². The summed E-state index contributed by atoms with van der Waals surface area (Å²) in [5.41, 5.74) is 2.60. The monoisotopic (exact) mass is 431 g/mol. The summed E-state index contributed by atoms with van der Waals surface area (Å²) in [5, 5.41) is 12.5. The van der Waals surface area contributed by atoms with Gasteiger partial charge in [0.2, 0.25) is 0 Å². The zero-order valence-electron chi connectivity index (χ0n) is 16.7. The van der Waals surface area contributed by atoms with E-state index in [1.54, 1.807) is 23.5 Å². The van der Waals surface area contributed by atoms with Gasteiger partial charge < -0.3 is 14.8 Å². The maximum atomic E-state index is 12.8. The minimum atomic E-state index is -0.243. The Balaban J connectivity index is 1.71. The normalized spacial score (nSPS) is 10.9. The van der Waals surface area contributed by atoms with Crippen molar-refractivity contribution < 1.29 is 14.3 Å². The standard InChI is InChI=1S/C21H25N3O3S2/c1-14(2)27-19-9-16(20(25)24-21-23-17(11-22-3)13-29-21)8-18(10-19)26-6-4-15-5-7-28-12-15/h5,7-10,12-14,22H,4,6,11H2,1-3H3,(H,23,24,25). The lowest BCUT2D eigenvalue weighted by molar-refractivity contribution is 0.102. The summed E-state index contributed by atoms with van der Waals surface area (Å²) >= 11 is 3.07. The third-order valence-electron chi connectivity index (χ3n) is 3.88. The first-order chi connectivity index (χ1) is 14.0. The SMILES string of the molecule is CNCc1csc(NC(=O)c2cc(OCCc3ccsc3)cc(OC(C)C)c2)n1. The van der Waals surface area contributed by atoms with Gasteiger partial charge in [-0.25, -0.2) is 4.98 Å². The third-order valence-corrected chi connectivity index (χ3v) is 5.42. The first-order valence-electron chi connectivity index (χ1n) is 9.39. The van der Waals surface area contributed by atoms with Gasteiger partial charge in [0.05, 0.1) is 18.4 Å². The molecule has 2 N–H and O–H groups in total. The number of carbonyl (C=O) groups is 1. The van der Waals surface area contributed by atoms with E-state index in [9.17, 15) is 4.79 Å². The van der Waals surface area contributed by atoms with E-state index in [1.807, 2.05) is 32.3 Å². The predicted octanol–water partition coefficient (Wildman–Crippen LogP) is 4.59. The number of hydrogen-bond acceptors (Lipinski definition) is 7. The summed E-state index contributed by atoms with van der Waals surface area (Å²) < 4.78 is 11.7. The number of thiazole rings is 1. The van der Waals surface area contributed by atoms with Crippen molar-refractivity contribution in [1.82, 2.24) is 10.3 Å². The summed E-state index contributed by atoms with van der Waals surface area (Å²) in [6.07, 6.45) is 0.809. The second-order valence-electron chi connectivity index (χ2n) is 6.72. The number of carbonyl (C=O) groups excluding carboxylic acids is 1. The molecule has 0 saturated carbocycles. The number of nitrogens with zero attached hydrogens (tertiary/aromatic N) is 1. The van der Waals surface area contributed by atoms with Crippen molar-refractivity contribution in [3.63, 3.8) is 0 Å². The smallest absolute Gasteiger partial charge is 0.257 e. The van der Waals surface area contributed by atoms with Crippen LogP contribution in [0.2, 0.25) is 0 Å². The van der Waals surface area contributed by atoms with Gasteiger partial charge in [0.1, 0.15) is 11.5 Å². The lowest BCUT2D eigenvalue weighted by Gasteiger charge is -2.14. The van der Waals surface area contributed by atoms with Crippen LogP contribution in [0.15, 0.2) is 40.4 Å². The Kier molecular flexibility index (Phi) is 7.62. The fraction of sp³-hybridized carbons (Fsp3) is 0.333. The van der Waals surface area contributed by atoms with Crippen LogP contribution in [0, 0.1) is 0 Å². The highest BCUT2D eigenvalue weighted by Crippen LogP contribution is 2.25. The number of benzene rings is 1. The minimum absolute atomic E-state index is 0.00460. The zero-order valence-corrected chi connectivity index (χ0v) is 18.4. The van der Waals surface area contributed by atoms with Crippen LogP contribution < -0.4 is 20.1 Å². The summed E-state index contributed by atoms with van der Waals surface area (Å²) in [7, 11) is 1.86. The molecule has 1 aromatic carbocycles. The molecular formula is C21H25N3O3S2. The Hall–Kier alpha value is -2.42. The molecule has 0 fully saturated rings. The van der Waals surface area contributed by atoms with Crippen LogP contribution in [0.5, 0.6) is 11.5 Å². The molecule has 3 rings (SSSR count). The van der Waals surface area contributed by atoms with Crippen LogP contribution >= 0.6 is 22.7 Å². The summed E-state index contributed by atoms with van der Waals surface area (Å²) in [4.78, 5) is 17.2. The molecule has 0 aliphatic rings. The van der Waals surface area contributed by atoms with E-state index in [2.05, 4.69) is 32.4 Å². The van der Waals surface area contributed by atoms with Gasteiger partial charge in [0.15, 0.2) is 5.13 Å². The summed E-state index contributed by atoms with van der Waals surface area (Å²) in [6.45, 7) is 5.08. The lowest BCUT2D eigenvalue weighted by atomic mass is 10.2. The lowest BCUT2D eigenvalue weighted by Crippen LogP contribution is -2.14. The minimum Gasteiger partial charge on any atom is -0.493 e. The number of rotatable bonds is 10. The van der Waals surface area contributed by atoms with Crippen LogP contribution in [-0.2, 0) is 13.0 Å². The van der Waals surface area contributed by atoms with Crippen LogP contribution in [-0.4, -0.2) is 30.6 Å². The Morgan fingerprint density at radius 3 is 2.76 bits per heavy atom. The zero-order chi connectivity index (χ0) is 20.6. The molecule has 0 spiro atoms. The number of amides is 1. The van der Waals surface area contributed by atoms with Crippen LogP contribution in [0.4, 0.5) is 5.13 Å². The molecule has 2 heterocycles. The van der Waals surface area contributed by atoms with Gasteiger partial charge in [-0.1, -0.05) is 0 Å². The van der Waals surface area contributed by atoms with Gasteiger partial charge in [-0.3, -0.25) is 10.1 Å². The molecule has 0 unspecified atom stereocenters. The molecule has 2 aromatic heterocycles. The Morgan fingerprint density at radius 2 is 2.03 bits per heavy atom. The number of nitrogens with one attached hydrogen (secondary N) is 2. The number of thiophene rings is 1. The second-order valence-corrected chi connectivity index (χ2v) is 8.36. The van der Waals surface area contributed by atoms with E-state index in [0.29, 0.717) is 35.3 Å². The van der Waals surface area contributed by atoms with E-state index in [0.717, 1.165) is 12.1 Å². The number of aromatic nitrogens is 1. The quantitative estimate of drug-likeness (QED) is 0.491. The molecule has 0 atom stereocenters. The maximum absolute atomic E-state index is 12.8. The van der Waals surface area contributed by atoms with Gasteiger partial charge in [-0.2, -0.15) is 11.3 Å². The van der Waals surface area contributed by atoms with Gasteiger partial charge in [-0.15, -0.1) is 11.3 Å². The first-order valence-corrected chi connectivity index (χ1v) is 11.2. The van der Waals surface area contributed by atoms with Crippen molar-refractivity contribution in [2.75, 3.05) is 19.0 Å². The Morgan fingerprint density at radius 1 is 1.21 bits per heavy atom. The fourth-order valence-corrected chi connectivity index (χ4v) is 4.05. The van der Waals surface area contributed by atoms with Crippen LogP contribution in [0.25, 0.3) is 0 Å². The Bertz CT molecular complexity index is 923. The molecule has 3 aromatic rings. The van der Waals surface area contributed by atoms with Crippen molar-refractivity contribution in [2.24, 2.45) is 0 Å². The van der Waals surface area contributed by atoms with Crippen molar-refractivity contribution >= 4 is 33.7 Å². The van der Waals surface area contributed by atoms with Crippen molar-refractivity contribution in [2.45, 2.75) is 32.9 Å². The number of ether oxygens (including phenoxy) is 2. The molecule has 0 radical (unpaired) electrons. The van der Waals surface area contributed by atoms with E-state index in [-0.39, 0.29) is 12.0 Å². The topological polar surface area (TPSA) is 72.5 Å². The summed E-state index contributed by atoms with van der Waals surface area (Å²) in [6, 6.07) is 7.36. The molecule has 0 aliphatic heterocycles. The van der Waals surface area contributed by atoms with Gasteiger partial charge in [0.25, 0.3) is 5.91 Å². The number of anilines is 1. The highest BCUT2D eigenvalue weighted by Gasteiger charge is 2.13.